The standard InChI is InChI=1S/C14H20N2O/c15-14(17)13(11-7-3-1-4-8-11)16-12-9-5-2-6-10-12/h1,3-4,7-8,12-13,16H,2,5-6,9-10H2,(H2,15,17). The Bertz CT molecular complexity index is 358. The number of hydrogen-bond donors (Lipinski definition) is 2. The van der Waals surface area contributed by atoms with Gasteiger partial charge in [-0.25, -0.2) is 0 Å². The van der Waals surface area contributed by atoms with Crippen LogP contribution in [0, 0.1) is 0 Å². The van der Waals surface area contributed by atoms with Crippen molar-refractivity contribution in [1.82, 2.24) is 5.32 Å². The summed E-state index contributed by atoms with van der Waals surface area (Å²) in [4.78, 5) is 11.5. The zero-order valence-corrected chi connectivity index (χ0v) is 10.1. The lowest BCUT2D eigenvalue weighted by atomic mass is 9.94. The van der Waals surface area contributed by atoms with E-state index in [4.69, 9.17) is 5.73 Å². The van der Waals surface area contributed by atoms with E-state index in [-0.39, 0.29) is 11.9 Å². The van der Waals surface area contributed by atoms with E-state index in [1.165, 1.54) is 19.3 Å². The molecule has 1 atom stereocenters. The molecule has 17 heavy (non-hydrogen) atoms. The Hall–Kier alpha value is -1.35. The van der Waals surface area contributed by atoms with Gasteiger partial charge in [0, 0.05) is 6.04 Å². The molecule has 0 bridgehead atoms. The normalized spacial score (nSPS) is 18.8. The van der Waals surface area contributed by atoms with Crippen molar-refractivity contribution in [2.24, 2.45) is 5.73 Å². The van der Waals surface area contributed by atoms with Gasteiger partial charge in [0.2, 0.25) is 5.91 Å². The molecule has 1 fully saturated rings. The third-order valence-electron chi connectivity index (χ3n) is 3.42. The van der Waals surface area contributed by atoms with Crippen LogP contribution in [0.1, 0.15) is 43.7 Å². The zero-order valence-electron chi connectivity index (χ0n) is 10.1. The van der Waals surface area contributed by atoms with Crippen LogP contribution < -0.4 is 11.1 Å². The number of rotatable bonds is 4. The van der Waals surface area contributed by atoms with Crippen molar-refractivity contribution in [2.45, 2.75) is 44.2 Å². The molecule has 3 nitrogen and oxygen atoms in total. The molecule has 92 valence electrons. The molecule has 1 aliphatic carbocycles. The van der Waals surface area contributed by atoms with E-state index in [0.29, 0.717) is 6.04 Å². The zero-order chi connectivity index (χ0) is 12.1. The van der Waals surface area contributed by atoms with Crippen LogP contribution in [0.25, 0.3) is 0 Å². The Labute approximate surface area is 102 Å². The van der Waals surface area contributed by atoms with E-state index < -0.39 is 0 Å². The smallest absolute Gasteiger partial charge is 0.239 e. The highest BCUT2D eigenvalue weighted by Gasteiger charge is 2.22. The largest absolute Gasteiger partial charge is 0.368 e. The van der Waals surface area contributed by atoms with Crippen molar-refractivity contribution in [3.8, 4) is 0 Å². The maximum absolute atomic E-state index is 11.5. The third kappa shape index (κ3) is 3.30. The molecule has 0 heterocycles. The van der Waals surface area contributed by atoms with E-state index >= 15 is 0 Å². The van der Waals surface area contributed by atoms with Gasteiger partial charge >= 0.3 is 0 Å². The van der Waals surface area contributed by atoms with Crippen molar-refractivity contribution in [1.29, 1.82) is 0 Å². The van der Waals surface area contributed by atoms with Gasteiger partial charge in [-0.05, 0) is 18.4 Å². The Morgan fingerprint density at radius 3 is 2.41 bits per heavy atom. The summed E-state index contributed by atoms with van der Waals surface area (Å²) >= 11 is 0. The molecule has 1 aliphatic rings. The first-order valence-corrected chi connectivity index (χ1v) is 6.37. The highest BCUT2D eigenvalue weighted by atomic mass is 16.1. The monoisotopic (exact) mass is 232 g/mol. The number of nitrogens with two attached hydrogens (primary N) is 1. The predicted octanol–water partition coefficient (Wildman–Crippen LogP) is 2.14. The molecule has 1 saturated carbocycles. The summed E-state index contributed by atoms with van der Waals surface area (Å²) in [6.45, 7) is 0. The fourth-order valence-corrected chi connectivity index (χ4v) is 2.49. The summed E-state index contributed by atoms with van der Waals surface area (Å²) in [5.74, 6) is -0.290. The van der Waals surface area contributed by atoms with E-state index in [1.54, 1.807) is 0 Å². The van der Waals surface area contributed by atoms with Crippen LogP contribution in [0.2, 0.25) is 0 Å². The fraction of sp³-hybridized carbons (Fsp3) is 0.500. The summed E-state index contributed by atoms with van der Waals surface area (Å²) in [7, 11) is 0. The lowest BCUT2D eigenvalue weighted by Gasteiger charge is -2.27. The van der Waals surface area contributed by atoms with Crippen molar-refractivity contribution in [3.63, 3.8) is 0 Å². The summed E-state index contributed by atoms with van der Waals surface area (Å²) < 4.78 is 0. The fourth-order valence-electron chi connectivity index (χ4n) is 2.49. The van der Waals surface area contributed by atoms with Gasteiger partial charge in [-0.1, -0.05) is 49.6 Å². The summed E-state index contributed by atoms with van der Waals surface area (Å²) in [5.41, 5.74) is 6.45. The maximum Gasteiger partial charge on any atom is 0.239 e. The van der Waals surface area contributed by atoms with Gasteiger partial charge in [0.05, 0.1) is 0 Å². The van der Waals surface area contributed by atoms with Gasteiger partial charge in [0.25, 0.3) is 0 Å². The average Bonchev–Trinajstić information content (AvgIpc) is 2.38. The number of benzene rings is 1. The van der Waals surface area contributed by atoms with Crippen molar-refractivity contribution >= 4 is 5.91 Å². The van der Waals surface area contributed by atoms with Crippen LogP contribution >= 0.6 is 0 Å². The van der Waals surface area contributed by atoms with Gasteiger partial charge in [-0.2, -0.15) is 0 Å². The third-order valence-corrected chi connectivity index (χ3v) is 3.42. The van der Waals surface area contributed by atoms with Crippen LogP contribution in [0.4, 0.5) is 0 Å². The quantitative estimate of drug-likeness (QED) is 0.835. The van der Waals surface area contributed by atoms with Gasteiger partial charge in [-0.3, -0.25) is 10.1 Å². The number of amides is 1. The summed E-state index contributed by atoms with van der Waals surface area (Å²) in [6.07, 6.45) is 6.11. The number of carbonyl (C=O) groups excluding carboxylic acids is 1. The summed E-state index contributed by atoms with van der Waals surface area (Å²) in [5, 5.41) is 3.40. The highest BCUT2D eigenvalue weighted by Crippen LogP contribution is 2.21. The minimum Gasteiger partial charge on any atom is -0.368 e. The Kier molecular flexibility index (Phi) is 4.15. The van der Waals surface area contributed by atoms with Crippen LogP contribution in [0.5, 0.6) is 0 Å². The molecule has 0 saturated heterocycles. The Morgan fingerprint density at radius 2 is 1.82 bits per heavy atom. The first-order valence-electron chi connectivity index (χ1n) is 6.37. The first kappa shape index (κ1) is 12.1. The number of primary amides is 1. The number of carbonyl (C=O) groups is 1. The molecular formula is C14H20N2O. The number of hydrogen-bond acceptors (Lipinski definition) is 2. The molecule has 3 N–H and O–H groups in total. The molecular weight excluding hydrogens is 212 g/mol. The van der Waals surface area contributed by atoms with Gasteiger partial charge in [0.1, 0.15) is 6.04 Å². The molecule has 0 radical (unpaired) electrons. The Balaban J connectivity index is 2.05. The molecule has 0 aliphatic heterocycles. The molecule has 3 heteroatoms. The van der Waals surface area contributed by atoms with Crippen molar-refractivity contribution < 1.29 is 4.79 Å². The molecule has 1 unspecified atom stereocenters. The van der Waals surface area contributed by atoms with Crippen LogP contribution in [-0.4, -0.2) is 11.9 Å². The summed E-state index contributed by atoms with van der Waals surface area (Å²) in [6, 6.07) is 9.81. The predicted molar refractivity (Wildman–Crippen MR) is 68.4 cm³/mol. The van der Waals surface area contributed by atoms with Crippen molar-refractivity contribution in [3.05, 3.63) is 35.9 Å². The SMILES string of the molecule is NC(=O)C(NC1CCCCC1)c1ccccc1. The van der Waals surface area contributed by atoms with Gasteiger partial charge in [0.15, 0.2) is 0 Å². The van der Waals surface area contributed by atoms with Gasteiger partial charge < -0.3 is 5.73 Å². The number of nitrogens with one attached hydrogen (secondary N) is 1. The highest BCUT2D eigenvalue weighted by molar-refractivity contribution is 5.81. The molecule has 1 aromatic carbocycles. The topological polar surface area (TPSA) is 55.1 Å². The molecule has 0 spiro atoms. The van der Waals surface area contributed by atoms with E-state index in [0.717, 1.165) is 18.4 Å². The minimum atomic E-state index is -0.348. The second-order valence-electron chi connectivity index (χ2n) is 4.75. The van der Waals surface area contributed by atoms with Gasteiger partial charge in [-0.15, -0.1) is 0 Å². The van der Waals surface area contributed by atoms with E-state index in [9.17, 15) is 4.79 Å². The van der Waals surface area contributed by atoms with E-state index in [1.807, 2.05) is 30.3 Å². The second-order valence-corrected chi connectivity index (χ2v) is 4.75. The lowest BCUT2D eigenvalue weighted by Crippen LogP contribution is -2.40. The lowest BCUT2D eigenvalue weighted by molar-refractivity contribution is -0.120. The first-order chi connectivity index (χ1) is 8.27. The molecule has 1 aromatic rings. The van der Waals surface area contributed by atoms with Crippen LogP contribution in [0.3, 0.4) is 0 Å². The molecule has 2 rings (SSSR count). The minimum absolute atomic E-state index is 0.290. The van der Waals surface area contributed by atoms with Crippen molar-refractivity contribution in [2.75, 3.05) is 0 Å². The maximum atomic E-state index is 11.5. The van der Waals surface area contributed by atoms with Crippen LogP contribution in [0.15, 0.2) is 30.3 Å². The molecule has 1 amide bonds. The van der Waals surface area contributed by atoms with E-state index in [2.05, 4.69) is 5.32 Å². The Morgan fingerprint density at radius 1 is 1.18 bits per heavy atom. The second kappa shape index (κ2) is 5.82. The molecule has 0 aromatic heterocycles. The average molecular weight is 232 g/mol. The van der Waals surface area contributed by atoms with Crippen LogP contribution in [-0.2, 0) is 4.79 Å².